The molecular weight excluding hydrogens is 136 g/mol. The molecule has 11 heavy (non-hydrogen) atoms. The molecule has 0 aliphatic heterocycles. The summed E-state index contributed by atoms with van der Waals surface area (Å²) in [6.07, 6.45) is 0. The molecule has 1 rings (SSSR count). The monoisotopic (exact) mass is 149 g/mol. The molecule has 0 aliphatic rings. The Morgan fingerprint density at radius 3 is 2.45 bits per heavy atom. The van der Waals surface area contributed by atoms with Gasteiger partial charge in [0.15, 0.2) is 0 Å². The van der Waals surface area contributed by atoms with Crippen molar-refractivity contribution in [3.63, 3.8) is 0 Å². The predicted molar refractivity (Wildman–Crippen MR) is 46.9 cm³/mol. The summed E-state index contributed by atoms with van der Waals surface area (Å²) in [5, 5.41) is 0. The second-order valence-electron chi connectivity index (χ2n) is 2.90. The number of aromatic nitrogens is 1. The highest BCUT2D eigenvalue weighted by molar-refractivity contribution is 5.39. The van der Waals surface area contributed by atoms with Gasteiger partial charge in [-0.15, -0.1) is 0 Å². The van der Waals surface area contributed by atoms with Crippen LogP contribution in [0.1, 0.15) is 11.3 Å². The number of aryl methyl sites for hydroxylation is 2. The molecule has 0 amide bonds. The second-order valence-corrected chi connectivity index (χ2v) is 2.90. The standard InChI is InChI=1S/C9H13N2/c1-7-5-8(2)10-9(6-7)11(3)4/h6H,1-4H3. The predicted octanol–water partition coefficient (Wildman–Crippen LogP) is 1.56. The van der Waals surface area contributed by atoms with Crippen LogP contribution in [0.2, 0.25) is 0 Å². The third-order valence-corrected chi connectivity index (χ3v) is 1.46. The largest absolute Gasteiger partial charge is 0.363 e. The van der Waals surface area contributed by atoms with E-state index in [1.165, 1.54) is 0 Å². The Bertz CT molecular complexity index is 233. The molecule has 0 saturated heterocycles. The molecular formula is C9H13N2. The minimum Gasteiger partial charge on any atom is -0.363 e. The lowest BCUT2D eigenvalue weighted by Crippen LogP contribution is -2.11. The highest BCUT2D eigenvalue weighted by Gasteiger charge is 1.98. The van der Waals surface area contributed by atoms with Crippen LogP contribution >= 0.6 is 0 Å². The normalized spacial score (nSPS) is 9.82. The molecule has 1 heterocycles. The van der Waals surface area contributed by atoms with Gasteiger partial charge in [0, 0.05) is 25.9 Å². The SMILES string of the molecule is Cc1[c]c(C)nc(N(C)C)c1. The molecule has 1 aromatic heterocycles. The maximum absolute atomic E-state index is 4.30. The van der Waals surface area contributed by atoms with Gasteiger partial charge in [-0.3, -0.25) is 0 Å². The van der Waals surface area contributed by atoms with Crippen molar-refractivity contribution in [2.24, 2.45) is 0 Å². The second kappa shape index (κ2) is 2.91. The van der Waals surface area contributed by atoms with Crippen molar-refractivity contribution in [1.82, 2.24) is 4.98 Å². The zero-order valence-electron chi connectivity index (χ0n) is 7.47. The fraction of sp³-hybridized carbons (Fsp3) is 0.444. The van der Waals surface area contributed by atoms with E-state index in [-0.39, 0.29) is 0 Å². The maximum atomic E-state index is 4.30. The molecule has 59 valence electrons. The summed E-state index contributed by atoms with van der Waals surface area (Å²) in [6, 6.07) is 5.15. The average molecular weight is 149 g/mol. The number of hydrogen-bond donors (Lipinski definition) is 0. The first-order valence-electron chi connectivity index (χ1n) is 3.64. The van der Waals surface area contributed by atoms with Gasteiger partial charge in [-0.1, -0.05) is 0 Å². The van der Waals surface area contributed by atoms with Crippen molar-refractivity contribution in [3.05, 3.63) is 23.4 Å². The summed E-state index contributed by atoms with van der Waals surface area (Å²) >= 11 is 0. The molecule has 1 aromatic rings. The zero-order chi connectivity index (χ0) is 8.43. The Morgan fingerprint density at radius 2 is 2.00 bits per heavy atom. The number of nitrogens with zero attached hydrogens (tertiary/aromatic N) is 2. The van der Waals surface area contributed by atoms with Gasteiger partial charge in [0.1, 0.15) is 5.82 Å². The van der Waals surface area contributed by atoms with Gasteiger partial charge < -0.3 is 4.90 Å². The first kappa shape index (κ1) is 8.05. The van der Waals surface area contributed by atoms with Crippen molar-refractivity contribution >= 4 is 5.82 Å². The van der Waals surface area contributed by atoms with Gasteiger partial charge in [-0.25, -0.2) is 4.98 Å². The first-order chi connectivity index (χ1) is 5.09. The van der Waals surface area contributed by atoms with E-state index in [9.17, 15) is 0 Å². The minimum atomic E-state index is 0.953. The van der Waals surface area contributed by atoms with E-state index in [0.717, 1.165) is 17.1 Å². The fourth-order valence-corrected chi connectivity index (χ4v) is 0.976. The van der Waals surface area contributed by atoms with Gasteiger partial charge in [0.2, 0.25) is 0 Å². The van der Waals surface area contributed by atoms with E-state index in [1.807, 2.05) is 38.9 Å². The number of rotatable bonds is 1. The first-order valence-corrected chi connectivity index (χ1v) is 3.64. The Balaban J connectivity index is 3.08. The lowest BCUT2D eigenvalue weighted by Gasteiger charge is -2.11. The van der Waals surface area contributed by atoms with Crippen LogP contribution in [0, 0.1) is 19.9 Å². The van der Waals surface area contributed by atoms with Crippen LogP contribution in [0.15, 0.2) is 6.07 Å². The van der Waals surface area contributed by atoms with Crippen molar-refractivity contribution in [2.75, 3.05) is 19.0 Å². The molecule has 0 saturated carbocycles. The quantitative estimate of drug-likeness (QED) is 0.602. The number of pyridine rings is 1. The molecule has 1 radical (unpaired) electrons. The summed E-state index contributed by atoms with van der Waals surface area (Å²) in [5.74, 6) is 0.999. The fourth-order valence-electron chi connectivity index (χ4n) is 0.976. The van der Waals surface area contributed by atoms with E-state index < -0.39 is 0 Å². The summed E-state index contributed by atoms with van der Waals surface area (Å²) in [6.45, 7) is 3.99. The zero-order valence-corrected chi connectivity index (χ0v) is 7.47. The lowest BCUT2D eigenvalue weighted by molar-refractivity contribution is 1.03. The molecule has 0 spiro atoms. The molecule has 2 nitrogen and oxygen atoms in total. The molecule has 0 atom stereocenters. The summed E-state index contributed by atoms with van der Waals surface area (Å²) < 4.78 is 0. The summed E-state index contributed by atoms with van der Waals surface area (Å²) in [7, 11) is 3.97. The highest BCUT2D eigenvalue weighted by atomic mass is 15.1. The molecule has 0 bridgehead atoms. The van der Waals surface area contributed by atoms with Gasteiger partial charge in [0.25, 0.3) is 0 Å². The summed E-state index contributed by atoms with van der Waals surface area (Å²) in [4.78, 5) is 6.30. The van der Waals surface area contributed by atoms with Crippen LogP contribution in [0.5, 0.6) is 0 Å². The van der Waals surface area contributed by atoms with E-state index >= 15 is 0 Å². The van der Waals surface area contributed by atoms with Crippen LogP contribution < -0.4 is 4.90 Å². The molecule has 0 fully saturated rings. The third-order valence-electron chi connectivity index (χ3n) is 1.46. The van der Waals surface area contributed by atoms with E-state index in [1.54, 1.807) is 0 Å². The molecule has 0 aromatic carbocycles. The number of anilines is 1. The smallest absolute Gasteiger partial charge is 0.128 e. The molecule has 0 aliphatic carbocycles. The van der Waals surface area contributed by atoms with Crippen molar-refractivity contribution in [3.8, 4) is 0 Å². The average Bonchev–Trinajstić information content (AvgIpc) is 1.85. The number of hydrogen-bond acceptors (Lipinski definition) is 2. The van der Waals surface area contributed by atoms with Crippen LogP contribution in [-0.4, -0.2) is 19.1 Å². The topological polar surface area (TPSA) is 16.1 Å². The molecule has 0 N–H and O–H groups in total. The highest BCUT2D eigenvalue weighted by Crippen LogP contribution is 2.10. The van der Waals surface area contributed by atoms with Crippen molar-refractivity contribution < 1.29 is 0 Å². The van der Waals surface area contributed by atoms with Gasteiger partial charge in [-0.05, 0) is 25.5 Å². The van der Waals surface area contributed by atoms with Crippen molar-refractivity contribution in [1.29, 1.82) is 0 Å². The van der Waals surface area contributed by atoms with Crippen LogP contribution in [0.3, 0.4) is 0 Å². The Labute approximate surface area is 67.9 Å². The Morgan fingerprint density at radius 1 is 1.36 bits per heavy atom. The minimum absolute atomic E-state index is 0.953. The molecule has 0 unspecified atom stereocenters. The van der Waals surface area contributed by atoms with E-state index in [0.29, 0.717) is 0 Å². The Kier molecular flexibility index (Phi) is 2.13. The van der Waals surface area contributed by atoms with Gasteiger partial charge >= 0.3 is 0 Å². The van der Waals surface area contributed by atoms with Gasteiger partial charge in [0.05, 0.1) is 0 Å². The van der Waals surface area contributed by atoms with Crippen LogP contribution in [0.4, 0.5) is 5.82 Å². The van der Waals surface area contributed by atoms with E-state index in [2.05, 4.69) is 11.1 Å². The van der Waals surface area contributed by atoms with Crippen LogP contribution in [0.25, 0.3) is 0 Å². The lowest BCUT2D eigenvalue weighted by atomic mass is 10.2. The summed E-state index contributed by atoms with van der Waals surface area (Å²) in [5.41, 5.74) is 2.09. The van der Waals surface area contributed by atoms with Crippen LogP contribution in [-0.2, 0) is 0 Å². The third kappa shape index (κ3) is 1.93. The van der Waals surface area contributed by atoms with Gasteiger partial charge in [-0.2, -0.15) is 0 Å². The molecule has 2 heteroatoms. The Hall–Kier alpha value is -1.05. The van der Waals surface area contributed by atoms with Crippen molar-refractivity contribution in [2.45, 2.75) is 13.8 Å². The van der Waals surface area contributed by atoms with E-state index in [4.69, 9.17) is 0 Å². The maximum Gasteiger partial charge on any atom is 0.128 e.